The molecule has 0 saturated carbocycles. The molecule has 1 aromatic heterocycles. The van der Waals surface area contributed by atoms with E-state index >= 15 is 0 Å². The number of hydrogen-bond acceptors (Lipinski definition) is 2. The third-order valence-corrected chi connectivity index (χ3v) is 3.13. The van der Waals surface area contributed by atoms with E-state index in [0.717, 1.165) is 12.2 Å². The highest BCUT2D eigenvalue weighted by atomic mass is 15.3. The van der Waals surface area contributed by atoms with Crippen molar-refractivity contribution in [2.75, 3.05) is 0 Å². The lowest BCUT2D eigenvalue weighted by Gasteiger charge is -2.04. The molecule has 3 nitrogen and oxygen atoms in total. The van der Waals surface area contributed by atoms with Crippen LogP contribution >= 0.6 is 0 Å². The molecule has 1 atom stereocenters. The van der Waals surface area contributed by atoms with E-state index in [1.165, 1.54) is 16.8 Å². The van der Waals surface area contributed by atoms with Crippen molar-refractivity contribution in [3.63, 3.8) is 0 Å². The van der Waals surface area contributed by atoms with E-state index in [4.69, 9.17) is 0 Å². The van der Waals surface area contributed by atoms with Crippen molar-refractivity contribution < 1.29 is 0 Å². The van der Waals surface area contributed by atoms with Gasteiger partial charge in [-0.15, -0.1) is 0 Å². The lowest BCUT2D eigenvalue weighted by molar-refractivity contribution is 0.617. The molecule has 2 aromatic rings. The van der Waals surface area contributed by atoms with Gasteiger partial charge in [0.05, 0.1) is 11.4 Å². The van der Waals surface area contributed by atoms with Crippen LogP contribution in [0.5, 0.6) is 0 Å². The summed E-state index contributed by atoms with van der Waals surface area (Å²) in [6.07, 6.45) is 2.13. The largest absolute Gasteiger partial charge is 0.304 e. The van der Waals surface area contributed by atoms with Gasteiger partial charge in [0.25, 0.3) is 0 Å². The maximum Gasteiger partial charge on any atom is 0.0814 e. The van der Waals surface area contributed by atoms with Gasteiger partial charge in [-0.05, 0) is 31.5 Å². The predicted octanol–water partition coefficient (Wildman–Crippen LogP) is 2.34. The van der Waals surface area contributed by atoms with Gasteiger partial charge in [0.1, 0.15) is 0 Å². The Morgan fingerprint density at radius 1 is 1.44 bits per heavy atom. The highest BCUT2D eigenvalue weighted by Gasteiger charge is 2.21. The Morgan fingerprint density at radius 3 is 3.06 bits per heavy atom. The van der Waals surface area contributed by atoms with E-state index in [9.17, 15) is 0 Å². The average molecular weight is 213 g/mol. The van der Waals surface area contributed by atoms with Gasteiger partial charge in [0.15, 0.2) is 0 Å². The molecule has 1 aliphatic heterocycles. The van der Waals surface area contributed by atoms with Crippen molar-refractivity contribution in [3.05, 3.63) is 47.3 Å². The molecule has 0 fully saturated rings. The van der Waals surface area contributed by atoms with Crippen LogP contribution in [0.25, 0.3) is 5.69 Å². The van der Waals surface area contributed by atoms with E-state index in [1.54, 1.807) is 0 Å². The molecule has 0 spiro atoms. The SMILES string of the molecule is Cc1cccc(-n2cc3c(n2)CNC3C)c1. The first-order valence-corrected chi connectivity index (χ1v) is 5.63. The molecule has 0 radical (unpaired) electrons. The van der Waals surface area contributed by atoms with Crippen LogP contribution in [0.4, 0.5) is 0 Å². The Morgan fingerprint density at radius 2 is 2.31 bits per heavy atom. The quantitative estimate of drug-likeness (QED) is 0.788. The van der Waals surface area contributed by atoms with Crippen LogP contribution in [-0.2, 0) is 6.54 Å². The smallest absolute Gasteiger partial charge is 0.0814 e. The van der Waals surface area contributed by atoms with E-state index in [1.807, 2.05) is 4.68 Å². The second-order valence-corrected chi connectivity index (χ2v) is 4.42. The minimum Gasteiger partial charge on any atom is -0.304 e. The molecular weight excluding hydrogens is 198 g/mol. The topological polar surface area (TPSA) is 29.9 Å². The summed E-state index contributed by atoms with van der Waals surface area (Å²) in [5.74, 6) is 0. The highest BCUT2D eigenvalue weighted by molar-refractivity contribution is 5.37. The van der Waals surface area contributed by atoms with E-state index < -0.39 is 0 Å². The number of fused-ring (bicyclic) bond motifs is 1. The fourth-order valence-electron chi connectivity index (χ4n) is 2.18. The van der Waals surface area contributed by atoms with Crippen LogP contribution in [0.15, 0.2) is 30.5 Å². The van der Waals surface area contributed by atoms with Crippen LogP contribution in [0.1, 0.15) is 29.8 Å². The van der Waals surface area contributed by atoms with Crippen LogP contribution < -0.4 is 5.32 Å². The molecule has 0 bridgehead atoms. The Balaban J connectivity index is 2.05. The van der Waals surface area contributed by atoms with Crippen molar-refractivity contribution in [2.45, 2.75) is 26.4 Å². The molecule has 2 heterocycles. The molecule has 1 unspecified atom stereocenters. The molecular formula is C13H15N3. The Hall–Kier alpha value is -1.61. The summed E-state index contributed by atoms with van der Waals surface area (Å²) in [7, 11) is 0. The Bertz CT molecular complexity index is 528. The molecule has 0 saturated heterocycles. The van der Waals surface area contributed by atoms with Crippen molar-refractivity contribution >= 4 is 0 Å². The van der Waals surface area contributed by atoms with Crippen LogP contribution in [0.2, 0.25) is 0 Å². The zero-order chi connectivity index (χ0) is 11.1. The summed E-state index contributed by atoms with van der Waals surface area (Å²) >= 11 is 0. The molecule has 3 heteroatoms. The number of aromatic nitrogens is 2. The zero-order valence-electron chi connectivity index (χ0n) is 9.57. The number of aryl methyl sites for hydroxylation is 1. The molecule has 3 rings (SSSR count). The number of hydrogen-bond donors (Lipinski definition) is 1. The van der Waals surface area contributed by atoms with Crippen LogP contribution in [0.3, 0.4) is 0 Å². The standard InChI is InChI=1S/C13H15N3/c1-9-4-3-5-11(6-9)16-8-12-10(2)14-7-13(12)15-16/h3-6,8,10,14H,7H2,1-2H3. The molecule has 0 amide bonds. The van der Waals surface area contributed by atoms with Crippen LogP contribution in [-0.4, -0.2) is 9.78 Å². The second-order valence-electron chi connectivity index (χ2n) is 4.42. The number of nitrogens with one attached hydrogen (secondary N) is 1. The van der Waals surface area contributed by atoms with Gasteiger partial charge in [-0.1, -0.05) is 12.1 Å². The normalized spacial score (nSPS) is 18.8. The summed E-state index contributed by atoms with van der Waals surface area (Å²) in [5.41, 5.74) is 4.90. The zero-order valence-corrected chi connectivity index (χ0v) is 9.57. The second kappa shape index (κ2) is 3.46. The molecule has 1 aromatic carbocycles. The third-order valence-electron chi connectivity index (χ3n) is 3.13. The number of benzene rings is 1. The molecule has 1 aliphatic rings. The van der Waals surface area contributed by atoms with Gasteiger partial charge in [-0.2, -0.15) is 5.10 Å². The number of nitrogens with zero attached hydrogens (tertiary/aromatic N) is 2. The van der Waals surface area contributed by atoms with Gasteiger partial charge in [-0.25, -0.2) is 4.68 Å². The van der Waals surface area contributed by atoms with E-state index in [2.05, 4.69) is 54.7 Å². The maximum absolute atomic E-state index is 4.61. The minimum atomic E-state index is 0.425. The first-order valence-electron chi connectivity index (χ1n) is 5.63. The van der Waals surface area contributed by atoms with Gasteiger partial charge in [-0.3, -0.25) is 0 Å². The van der Waals surface area contributed by atoms with Gasteiger partial charge in [0.2, 0.25) is 0 Å². The van der Waals surface area contributed by atoms with Crippen LogP contribution in [0, 0.1) is 6.92 Å². The van der Waals surface area contributed by atoms with Gasteiger partial charge in [0, 0.05) is 24.3 Å². The maximum atomic E-state index is 4.61. The lowest BCUT2D eigenvalue weighted by Crippen LogP contribution is -2.09. The molecule has 16 heavy (non-hydrogen) atoms. The molecule has 0 aliphatic carbocycles. The molecule has 82 valence electrons. The van der Waals surface area contributed by atoms with Crippen molar-refractivity contribution in [3.8, 4) is 5.69 Å². The van der Waals surface area contributed by atoms with Crippen molar-refractivity contribution in [1.29, 1.82) is 0 Å². The number of rotatable bonds is 1. The first-order chi connectivity index (χ1) is 7.74. The third kappa shape index (κ3) is 1.44. The summed E-state index contributed by atoms with van der Waals surface area (Å²) in [4.78, 5) is 0. The van der Waals surface area contributed by atoms with E-state index in [0.29, 0.717) is 6.04 Å². The summed E-state index contributed by atoms with van der Waals surface area (Å²) < 4.78 is 1.98. The van der Waals surface area contributed by atoms with E-state index in [-0.39, 0.29) is 0 Å². The Labute approximate surface area is 95.1 Å². The highest BCUT2D eigenvalue weighted by Crippen LogP contribution is 2.24. The monoisotopic (exact) mass is 213 g/mol. The predicted molar refractivity (Wildman–Crippen MR) is 63.6 cm³/mol. The molecule has 1 N–H and O–H groups in total. The minimum absolute atomic E-state index is 0.425. The first kappa shape index (κ1) is 9.60. The average Bonchev–Trinajstić information content (AvgIpc) is 2.81. The van der Waals surface area contributed by atoms with Crippen molar-refractivity contribution in [1.82, 2.24) is 15.1 Å². The van der Waals surface area contributed by atoms with Gasteiger partial charge >= 0.3 is 0 Å². The Kier molecular flexibility index (Phi) is 2.07. The lowest BCUT2D eigenvalue weighted by atomic mass is 10.2. The summed E-state index contributed by atoms with van der Waals surface area (Å²) in [5, 5.41) is 7.99. The van der Waals surface area contributed by atoms with Crippen molar-refractivity contribution in [2.24, 2.45) is 0 Å². The summed E-state index contributed by atoms with van der Waals surface area (Å²) in [6.45, 7) is 5.16. The van der Waals surface area contributed by atoms with Gasteiger partial charge < -0.3 is 5.32 Å². The fraction of sp³-hybridized carbons (Fsp3) is 0.308. The summed E-state index contributed by atoms with van der Waals surface area (Å²) in [6, 6.07) is 8.84. The fourth-order valence-corrected chi connectivity index (χ4v) is 2.18.